The Morgan fingerprint density at radius 2 is 1.91 bits per heavy atom. The van der Waals surface area contributed by atoms with Crippen molar-refractivity contribution in [3.05, 3.63) is 47.5 Å². The Kier molecular flexibility index (Phi) is 4.86. The third kappa shape index (κ3) is 3.48. The molecule has 0 radical (unpaired) electrons. The Bertz CT molecular complexity index is 724. The van der Waals surface area contributed by atoms with Gasteiger partial charge >= 0.3 is 6.03 Å². The summed E-state index contributed by atoms with van der Waals surface area (Å²) < 4.78 is 23.4. The first-order valence-corrected chi connectivity index (χ1v) is 7.38. The summed E-state index contributed by atoms with van der Waals surface area (Å²) in [5.41, 5.74) is 5.68. The molecule has 0 spiro atoms. The number of para-hydroxylation sites is 1. The third-order valence-electron chi connectivity index (χ3n) is 2.75. The molecule has 0 aliphatic carbocycles. The second-order valence-electron chi connectivity index (χ2n) is 4.16. The molecule has 7 nitrogen and oxygen atoms in total. The maximum Gasteiger partial charge on any atom is 0.324 e. The maximum atomic E-state index is 11.7. The molecule has 2 rings (SSSR count). The topological polar surface area (TPSA) is 119 Å². The zero-order chi connectivity index (χ0) is 16.3. The molecule has 0 aromatic heterocycles. The average Bonchev–Trinajstić information content (AvgIpc) is 2.44. The van der Waals surface area contributed by atoms with E-state index in [0.717, 1.165) is 4.90 Å². The lowest BCUT2D eigenvalue weighted by Crippen LogP contribution is -2.31. The molecule has 2 aromatic rings. The van der Waals surface area contributed by atoms with Crippen LogP contribution < -0.4 is 15.4 Å². The molecule has 2 aromatic carbocycles. The van der Waals surface area contributed by atoms with Crippen LogP contribution in [-0.2, 0) is 11.3 Å². The number of nitrogens with zero attached hydrogens (tertiary/aromatic N) is 1. The predicted molar refractivity (Wildman–Crippen MR) is 83.8 cm³/mol. The van der Waals surface area contributed by atoms with Crippen LogP contribution in [0.25, 0.3) is 0 Å². The van der Waals surface area contributed by atoms with Crippen molar-refractivity contribution in [3.8, 4) is 5.75 Å². The molecule has 0 heterocycles. The van der Waals surface area contributed by atoms with Gasteiger partial charge in [-0.1, -0.05) is 17.7 Å². The number of primary amides is 1. The number of carbonyl (C=O) groups is 1. The minimum atomic E-state index is -2.62. The zero-order valence-electron chi connectivity index (χ0n) is 11.0. The number of halogens is 1. The van der Waals surface area contributed by atoms with Gasteiger partial charge in [0.2, 0.25) is 0 Å². The van der Waals surface area contributed by atoms with Gasteiger partial charge in [0.25, 0.3) is 0 Å². The van der Waals surface area contributed by atoms with E-state index in [-0.39, 0.29) is 11.4 Å². The van der Waals surface area contributed by atoms with Crippen molar-refractivity contribution >= 4 is 46.0 Å². The Labute approximate surface area is 133 Å². The first-order valence-electron chi connectivity index (χ1n) is 5.93. The van der Waals surface area contributed by atoms with Crippen LogP contribution in [0.2, 0.25) is 5.02 Å². The van der Waals surface area contributed by atoms with Crippen molar-refractivity contribution in [3.63, 3.8) is 0 Å². The molecule has 9 heteroatoms. The van der Waals surface area contributed by atoms with Gasteiger partial charge in [0, 0.05) is 16.3 Å². The molecule has 1 atom stereocenters. The number of aromatic hydroxyl groups is 1. The number of nitrogens with one attached hydrogen (secondary N) is 1. The highest BCUT2D eigenvalue weighted by atomic mass is 35.5. The molecule has 0 fully saturated rings. The molecule has 0 aliphatic heterocycles. The lowest BCUT2D eigenvalue weighted by molar-refractivity contribution is 0.256. The summed E-state index contributed by atoms with van der Waals surface area (Å²) in [6.07, 6.45) is 0. The fourth-order valence-corrected chi connectivity index (χ4v) is 2.33. The van der Waals surface area contributed by atoms with E-state index in [4.69, 9.17) is 17.3 Å². The summed E-state index contributed by atoms with van der Waals surface area (Å²) in [6, 6.07) is 9.58. The van der Waals surface area contributed by atoms with Gasteiger partial charge in [-0.15, -0.1) is 0 Å². The van der Waals surface area contributed by atoms with E-state index >= 15 is 0 Å². The van der Waals surface area contributed by atoms with Crippen molar-refractivity contribution in [1.82, 2.24) is 0 Å². The number of hydrogen-bond donors (Lipinski definition) is 3. The van der Waals surface area contributed by atoms with E-state index in [9.17, 15) is 18.7 Å². The van der Waals surface area contributed by atoms with Crippen molar-refractivity contribution in [1.29, 1.82) is 0 Å². The van der Waals surface area contributed by atoms with Crippen LogP contribution >= 0.6 is 11.6 Å². The minimum absolute atomic E-state index is 0.0327. The molecule has 116 valence electrons. The van der Waals surface area contributed by atoms with Crippen LogP contribution in [0, 0.1) is 0 Å². The third-order valence-corrected chi connectivity index (χ3v) is 3.39. The summed E-state index contributed by atoms with van der Waals surface area (Å²) in [7, 11) is 0. The zero-order valence-corrected chi connectivity index (χ0v) is 12.6. The highest BCUT2D eigenvalue weighted by Gasteiger charge is 2.20. The molecular formula is C13H11ClN3O4S-. The monoisotopic (exact) mass is 340 g/mol. The maximum absolute atomic E-state index is 11.7. The van der Waals surface area contributed by atoms with E-state index in [1.54, 1.807) is 24.3 Å². The van der Waals surface area contributed by atoms with Crippen LogP contribution in [0.15, 0.2) is 42.5 Å². The van der Waals surface area contributed by atoms with Crippen molar-refractivity contribution < 1.29 is 18.7 Å². The standard InChI is InChI=1S/C13H12ClN3O4S/c14-8-4-6-9(7-5-8)17(13(15)19)11-3-1-2-10(12(11)18)16-22(20)21/h1-7,16,18H,(H2,15,19)(H,20,21)/p-1. The van der Waals surface area contributed by atoms with E-state index in [0.29, 0.717) is 10.7 Å². The molecule has 0 aliphatic rings. The number of phenolic OH excluding ortho intramolecular Hbond substituents is 1. The molecule has 22 heavy (non-hydrogen) atoms. The van der Waals surface area contributed by atoms with Gasteiger partial charge in [0.1, 0.15) is 0 Å². The summed E-state index contributed by atoms with van der Waals surface area (Å²) in [5, 5.41) is 10.6. The van der Waals surface area contributed by atoms with Gasteiger partial charge in [-0.3, -0.25) is 9.11 Å². The Balaban J connectivity index is 2.52. The number of rotatable bonds is 4. The number of anilines is 3. The fourth-order valence-electron chi connectivity index (χ4n) is 1.86. The van der Waals surface area contributed by atoms with Crippen LogP contribution in [0.3, 0.4) is 0 Å². The molecule has 1 unspecified atom stereocenters. The van der Waals surface area contributed by atoms with Gasteiger partial charge in [-0.2, -0.15) is 0 Å². The molecule has 0 bridgehead atoms. The van der Waals surface area contributed by atoms with E-state index < -0.39 is 23.0 Å². The molecular weight excluding hydrogens is 330 g/mol. The minimum Gasteiger partial charge on any atom is -0.755 e. The number of nitrogens with two attached hydrogens (primary N) is 1. The van der Waals surface area contributed by atoms with Crippen LogP contribution in [0.4, 0.5) is 21.9 Å². The Hall–Kier alpha value is -2.29. The van der Waals surface area contributed by atoms with Crippen LogP contribution in [0.1, 0.15) is 0 Å². The number of benzene rings is 2. The predicted octanol–water partition coefficient (Wildman–Crippen LogP) is 2.47. The molecule has 4 N–H and O–H groups in total. The first kappa shape index (κ1) is 16.1. The van der Waals surface area contributed by atoms with E-state index in [1.807, 2.05) is 4.72 Å². The van der Waals surface area contributed by atoms with Crippen LogP contribution in [-0.4, -0.2) is 19.9 Å². The second-order valence-corrected chi connectivity index (χ2v) is 5.27. The molecule has 0 saturated carbocycles. The van der Waals surface area contributed by atoms with Gasteiger partial charge in [0.15, 0.2) is 5.75 Å². The summed E-state index contributed by atoms with van der Waals surface area (Å²) >= 11 is 3.17. The van der Waals surface area contributed by atoms with Gasteiger partial charge < -0.3 is 20.1 Å². The van der Waals surface area contributed by atoms with E-state index in [1.165, 1.54) is 18.2 Å². The van der Waals surface area contributed by atoms with Crippen molar-refractivity contribution in [2.75, 3.05) is 9.62 Å². The van der Waals surface area contributed by atoms with Gasteiger partial charge in [0.05, 0.1) is 17.1 Å². The first-order chi connectivity index (χ1) is 10.4. The SMILES string of the molecule is NC(=O)N(c1ccc(Cl)cc1)c1cccc(NS(=O)[O-])c1O. The molecule has 2 amide bonds. The summed E-state index contributed by atoms with van der Waals surface area (Å²) in [5.74, 6) is -0.430. The average molecular weight is 341 g/mol. The Morgan fingerprint density at radius 3 is 2.45 bits per heavy atom. The largest absolute Gasteiger partial charge is 0.755 e. The fraction of sp³-hybridized carbons (Fsp3) is 0. The summed E-state index contributed by atoms with van der Waals surface area (Å²) in [6.45, 7) is 0. The quantitative estimate of drug-likeness (QED) is 0.585. The number of amides is 2. The Morgan fingerprint density at radius 1 is 1.27 bits per heavy atom. The smallest absolute Gasteiger partial charge is 0.324 e. The van der Waals surface area contributed by atoms with E-state index in [2.05, 4.69) is 0 Å². The lowest BCUT2D eigenvalue weighted by atomic mass is 10.2. The highest BCUT2D eigenvalue weighted by molar-refractivity contribution is 7.80. The number of phenols is 1. The van der Waals surface area contributed by atoms with Crippen LogP contribution in [0.5, 0.6) is 5.75 Å². The second kappa shape index (κ2) is 6.65. The van der Waals surface area contributed by atoms with Crippen molar-refractivity contribution in [2.45, 2.75) is 0 Å². The highest BCUT2D eigenvalue weighted by Crippen LogP contribution is 2.38. The number of carbonyl (C=O) groups excluding carboxylic acids is 1. The van der Waals surface area contributed by atoms with Crippen molar-refractivity contribution in [2.24, 2.45) is 5.73 Å². The summed E-state index contributed by atoms with van der Waals surface area (Å²) in [4.78, 5) is 12.8. The number of hydrogen-bond acceptors (Lipinski definition) is 4. The molecule has 0 saturated heterocycles. The lowest BCUT2D eigenvalue weighted by Gasteiger charge is -2.23. The normalized spacial score (nSPS) is 11.7. The van der Waals surface area contributed by atoms with Gasteiger partial charge in [-0.25, -0.2) is 4.79 Å². The van der Waals surface area contributed by atoms with Gasteiger partial charge in [-0.05, 0) is 36.4 Å². The number of urea groups is 1.